The van der Waals surface area contributed by atoms with Gasteiger partial charge in [0.2, 0.25) is 0 Å². The highest BCUT2D eigenvalue weighted by atomic mass is 32.2. The minimum absolute atomic E-state index is 0.175. The van der Waals surface area contributed by atoms with E-state index in [0.29, 0.717) is 31.7 Å². The maximum atomic E-state index is 13.1. The first-order valence-corrected chi connectivity index (χ1v) is 10.3. The number of benzene rings is 2. The van der Waals surface area contributed by atoms with E-state index in [4.69, 9.17) is 5.26 Å². The van der Waals surface area contributed by atoms with Gasteiger partial charge in [-0.05, 0) is 29.7 Å². The molecule has 4 rings (SSSR count). The number of nitriles is 1. The van der Waals surface area contributed by atoms with Gasteiger partial charge in [-0.1, -0.05) is 48.5 Å². The van der Waals surface area contributed by atoms with E-state index >= 15 is 0 Å². The van der Waals surface area contributed by atoms with Crippen molar-refractivity contribution in [1.82, 2.24) is 9.21 Å². The van der Waals surface area contributed by atoms with Crippen molar-refractivity contribution < 1.29 is 8.42 Å². The summed E-state index contributed by atoms with van der Waals surface area (Å²) in [5.74, 6) is 0. The summed E-state index contributed by atoms with van der Waals surface area (Å²) in [7, 11) is -3.67. The smallest absolute Gasteiger partial charge is 0.308 e. The largest absolute Gasteiger partial charge is 0.309 e. The minimum Gasteiger partial charge on any atom is -0.309 e. The molecule has 0 amide bonds. The van der Waals surface area contributed by atoms with E-state index in [1.165, 1.54) is 8.61 Å². The van der Waals surface area contributed by atoms with Crippen molar-refractivity contribution in [1.29, 1.82) is 5.26 Å². The Morgan fingerprint density at radius 2 is 1.70 bits per heavy atom. The average Bonchev–Trinajstić information content (AvgIpc) is 3.17. The lowest BCUT2D eigenvalue weighted by molar-refractivity contribution is 0.339. The third-order valence-electron chi connectivity index (χ3n) is 5.01. The maximum Gasteiger partial charge on any atom is 0.308 e. The standard InChI is InChI=1S/C20H20N4O2S/c21-16-22-14-11-20(15-22)24-13-4-12-23(27(24,25)26)19-9-7-18(8-10-19)17-5-2-1-3-6-17/h1-10,12,20H,11,13-15H2/t20-/m1/s1. The number of rotatable bonds is 3. The van der Waals surface area contributed by atoms with Crippen LogP contribution in [0.2, 0.25) is 0 Å². The Morgan fingerprint density at radius 3 is 2.37 bits per heavy atom. The van der Waals surface area contributed by atoms with E-state index in [9.17, 15) is 8.42 Å². The molecule has 138 valence electrons. The summed E-state index contributed by atoms with van der Waals surface area (Å²) < 4.78 is 29.1. The lowest BCUT2D eigenvalue weighted by Gasteiger charge is -2.35. The Labute approximate surface area is 159 Å². The highest BCUT2D eigenvalue weighted by Crippen LogP contribution is 2.30. The Morgan fingerprint density at radius 1 is 1.00 bits per heavy atom. The predicted molar refractivity (Wildman–Crippen MR) is 105 cm³/mol. The van der Waals surface area contributed by atoms with Crippen LogP contribution in [0.15, 0.2) is 66.9 Å². The molecule has 0 N–H and O–H groups in total. The summed E-state index contributed by atoms with van der Waals surface area (Å²) in [5, 5.41) is 9.05. The molecule has 2 aliphatic rings. The molecule has 0 radical (unpaired) electrons. The van der Waals surface area contributed by atoms with Crippen LogP contribution >= 0.6 is 0 Å². The molecule has 2 heterocycles. The summed E-state index contributed by atoms with van der Waals surface area (Å²) in [6.45, 7) is 1.39. The normalized spacial score (nSPS) is 22.0. The molecule has 1 saturated heterocycles. The van der Waals surface area contributed by atoms with Crippen LogP contribution in [0.5, 0.6) is 0 Å². The molecule has 2 aromatic rings. The molecule has 0 bridgehead atoms. The van der Waals surface area contributed by atoms with E-state index in [2.05, 4.69) is 6.19 Å². The molecule has 1 atom stereocenters. The Kier molecular flexibility index (Phi) is 4.60. The molecule has 0 saturated carbocycles. The van der Waals surface area contributed by atoms with Crippen molar-refractivity contribution in [3.8, 4) is 17.3 Å². The van der Waals surface area contributed by atoms with Crippen molar-refractivity contribution in [2.24, 2.45) is 0 Å². The lowest BCUT2D eigenvalue weighted by Crippen LogP contribution is -2.50. The first kappa shape index (κ1) is 17.6. The summed E-state index contributed by atoms with van der Waals surface area (Å²) in [6.07, 6.45) is 6.23. The second-order valence-electron chi connectivity index (χ2n) is 6.66. The van der Waals surface area contributed by atoms with Gasteiger partial charge in [0, 0.05) is 31.9 Å². The SMILES string of the molecule is N#CN1CC[C@@H](N2CC=CN(c3ccc(-c4ccccc4)cc3)S2(=O)=O)C1. The predicted octanol–water partition coefficient (Wildman–Crippen LogP) is 2.79. The van der Waals surface area contributed by atoms with Crippen LogP contribution in [0.4, 0.5) is 5.69 Å². The highest BCUT2D eigenvalue weighted by Gasteiger charge is 2.39. The fourth-order valence-corrected chi connectivity index (χ4v) is 5.26. The lowest BCUT2D eigenvalue weighted by atomic mass is 10.1. The molecule has 7 heteroatoms. The molecule has 1 fully saturated rings. The molecule has 2 aromatic carbocycles. The van der Waals surface area contributed by atoms with Crippen LogP contribution in [-0.4, -0.2) is 43.3 Å². The molecular formula is C20H20N4O2S. The molecule has 0 unspecified atom stereocenters. The van der Waals surface area contributed by atoms with Crippen LogP contribution in [0.3, 0.4) is 0 Å². The van der Waals surface area contributed by atoms with Crippen molar-refractivity contribution in [2.45, 2.75) is 12.5 Å². The topological polar surface area (TPSA) is 67.7 Å². The molecule has 0 aliphatic carbocycles. The second kappa shape index (κ2) is 7.06. The zero-order valence-corrected chi connectivity index (χ0v) is 15.6. The zero-order chi connectivity index (χ0) is 18.9. The molecule has 0 spiro atoms. The van der Waals surface area contributed by atoms with Crippen LogP contribution < -0.4 is 4.31 Å². The number of hydrogen-bond acceptors (Lipinski definition) is 4. The number of likely N-dealkylation sites (tertiary alicyclic amines) is 1. The fourth-order valence-electron chi connectivity index (χ4n) is 3.59. The molecule has 0 aromatic heterocycles. The van der Waals surface area contributed by atoms with Gasteiger partial charge in [-0.3, -0.25) is 0 Å². The van der Waals surface area contributed by atoms with Gasteiger partial charge in [0.1, 0.15) is 0 Å². The first-order chi connectivity index (χ1) is 13.1. The number of anilines is 1. The van der Waals surface area contributed by atoms with Crippen LogP contribution in [-0.2, 0) is 10.2 Å². The fraction of sp³-hybridized carbons (Fsp3) is 0.250. The third kappa shape index (κ3) is 3.29. The van der Waals surface area contributed by atoms with Gasteiger partial charge in [0.25, 0.3) is 0 Å². The van der Waals surface area contributed by atoms with Crippen molar-refractivity contribution >= 4 is 15.9 Å². The van der Waals surface area contributed by atoms with E-state index in [-0.39, 0.29) is 6.04 Å². The summed E-state index contributed by atoms with van der Waals surface area (Å²) in [5.41, 5.74) is 2.73. The van der Waals surface area contributed by atoms with E-state index in [1.807, 2.05) is 60.7 Å². The summed E-state index contributed by atoms with van der Waals surface area (Å²) >= 11 is 0. The number of hydrogen-bond donors (Lipinski definition) is 0. The van der Waals surface area contributed by atoms with Gasteiger partial charge in [-0.15, -0.1) is 0 Å². The molecular weight excluding hydrogens is 360 g/mol. The molecule has 6 nitrogen and oxygen atoms in total. The second-order valence-corrected chi connectivity index (χ2v) is 8.42. The van der Waals surface area contributed by atoms with Gasteiger partial charge in [-0.25, -0.2) is 4.31 Å². The monoisotopic (exact) mass is 380 g/mol. The van der Waals surface area contributed by atoms with Gasteiger partial charge >= 0.3 is 10.2 Å². The highest BCUT2D eigenvalue weighted by molar-refractivity contribution is 7.90. The quantitative estimate of drug-likeness (QED) is 0.768. The molecule has 2 aliphatic heterocycles. The maximum absolute atomic E-state index is 13.1. The van der Waals surface area contributed by atoms with E-state index in [0.717, 1.165) is 11.1 Å². The third-order valence-corrected chi connectivity index (χ3v) is 6.88. The average molecular weight is 380 g/mol. The van der Waals surface area contributed by atoms with Gasteiger partial charge in [0.15, 0.2) is 6.19 Å². The van der Waals surface area contributed by atoms with Crippen LogP contribution in [0, 0.1) is 11.5 Å². The Hall–Kier alpha value is -2.82. The first-order valence-electron chi connectivity index (χ1n) is 8.87. The van der Waals surface area contributed by atoms with Gasteiger partial charge in [0.05, 0.1) is 5.69 Å². The van der Waals surface area contributed by atoms with Crippen molar-refractivity contribution in [3.63, 3.8) is 0 Å². The molecule has 27 heavy (non-hydrogen) atoms. The van der Waals surface area contributed by atoms with Gasteiger partial charge < -0.3 is 4.90 Å². The zero-order valence-electron chi connectivity index (χ0n) is 14.8. The number of nitrogens with zero attached hydrogens (tertiary/aromatic N) is 4. The van der Waals surface area contributed by atoms with Gasteiger partial charge in [-0.2, -0.15) is 18.0 Å². The van der Waals surface area contributed by atoms with Crippen LogP contribution in [0.25, 0.3) is 11.1 Å². The van der Waals surface area contributed by atoms with E-state index in [1.54, 1.807) is 11.1 Å². The Balaban J connectivity index is 1.59. The van der Waals surface area contributed by atoms with Crippen LogP contribution in [0.1, 0.15) is 6.42 Å². The minimum atomic E-state index is -3.67. The van der Waals surface area contributed by atoms with Crippen molar-refractivity contribution in [3.05, 3.63) is 66.9 Å². The Bertz CT molecular complexity index is 981. The summed E-state index contributed by atoms with van der Waals surface area (Å²) in [6, 6.07) is 17.3. The van der Waals surface area contributed by atoms with Crippen molar-refractivity contribution in [2.75, 3.05) is 23.9 Å². The van der Waals surface area contributed by atoms with E-state index < -0.39 is 10.2 Å². The summed E-state index contributed by atoms with van der Waals surface area (Å²) in [4.78, 5) is 1.61.